The molecule has 0 spiro atoms. The van der Waals surface area contributed by atoms with Crippen molar-refractivity contribution in [3.63, 3.8) is 0 Å². The SMILES string of the molecule is O=S(=O)(CCC1CCCO1)N1CCCC1Cc1cccc(F)c1F. The Bertz CT molecular complexity index is 674. The molecule has 0 amide bonds. The number of rotatable bonds is 6. The fraction of sp³-hybridized carbons (Fsp3) is 0.647. The van der Waals surface area contributed by atoms with Gasteiger partial charge in [0.2, 0.25) is 10.0 Å². The Morgan fingerprint density at radius 3 is 2.79 bits per heavy atom. The minimum Gasteiger partial charge on any atom is -0.378 e. The van der Waals surface area contributed by atoms with Crippen LogP contribution >= 0.6 is 0 Å². The molecule has 0 bridgehead atoms. The molecular formula is C17H23F2NO3S. The topological polar surface area (TPSA) is 46.6 Å². The Morgan fingerprint density at radius 1 is 1.21 bits per heavy atom. The first-order chi connectivity index (χ1) is 11.5. The number of halogens is 2. The maximum atomic E-state index is 13.9. The van der Waals surface area contributed by atoms with Crippen LogP contribution in [0.3, 0.4) is 0 Å². The second-order valence-electron chi connectivity index (χ2n) is 6.56. The standard InChI is InChI=1S/C17H23F2NO3S/c18-16-7-1-4-13(17(16)19)12-14-5-2-9-20(14)24(21,22)11-8-15-6-3-10-23-15/h1,4,7,14-15H,2-3,5-6,8-12H2. The molecular weight excluding hydrogens is 336 g/mol. The first-order valence-corrected chi connectivity index (χ1v) is 10.1. The molecule has 24 heavy (non-hydrogen) atoms. The zero-order chi connectivity index (χ0) is 17.2. The van der Waals surface area contributed by atoms with Crippen LogP contribution in [0.15, 0.2) is 18.2 Å². The average molecular weight is 359 g/mol. The van der Waals surface area contributed by atoms with E-state index in [4.69, 9.17) is 4.74 Å². The van der Waals surface area contributed by atoms with E-state index in [1.165, 1.54) is 16.4 Å². The van der Waals surface area contributed by atoms with Crippen LogP contribution in [0.2, 0.25) is 0 Å². The van der Waals surface area contributed by atoms with Gasteiger partial charge in [-0.25, -0.2) is 17.2 Å². The van der Waals surface area contributed by atoms with Crippen molar-refractivity contribution >= 4 is 10.0 Å². The van der Waals surface area contributed by atoms with E-state index in [1.54, 1.807) is 0 Å². The molecule has 0 aliphatic carbocycles. The molecule has 7 heteroatoms. The molecule has 2 saturated heterocycles. The van der Waals surface area contributed by atoms with Crippen molar-refractivity contribution in [3.8, 4) is 0 Å². The number of sulfonamides is 1. The summed E-state index contributed by atoms with van der Waals surface area (Å²) in [6, 6.07) is 3.76. The van der Waals surface area contributed by atoms with Crippen LogP contribution in [0.5, 0.6) is 0 Å². The van der Waals surface area contributed by atoms with Crippen molar-refractivity contribution < 1.29 is 21.9 Å². The van der Waals surface area contributed by atoms with Crippen LogP contribution in [-0.4, -0.2) is 43.8 Å². The summed E-state index contributed by atoms with van der Waals surface area (Å²) in [6.07, 6.45) is 4.06. The van der Waals surface area contributed by atoms with Crippen molar-refractivity contribution in [1.82, 2.24) is 4.31 Å². The summed E-state index contributed by atoms with van der Waals surface area (Å²) in [4.78, 5) is 0. The van der Waals surface area contributed by atoms with E-state index in [-0.39, 0.29) is 29.9 Å². The van der Waals surface area contributed by atoms with Gasteiger partial charge in [0.1, 0.15) is 0 Å². The summed E-state index contributed by atoms with van der Waals surface area (Å²) >= 11 is 0. The van der Waals surface area contributed by atoms with Crippen LogP contribution in [0.4, 0.5) is 8.78 Å². The zero-order valence-corrected chi connectivity index (χ0v) is 14.4. The molecule has 134 valence electrons. The molecule has 4 nitrogen and oxygen atoms in total. The van der Waals surface area contributed by atoms with Crippen LogP contribution in [0, 0.1) is 11.6 Å². The summed E-state index contributed by atoms with van der Waals surface area (Å²) in [5.74, 6) is -1.71. The Hall–Kier alpha value is -1.05. The molecule has 3 rings (SSSR count). The van der Waals surface area contributed by atoms with Crippen molar-refractivity contribution in [3.05, 3.63) is 35.4 Å². The molecule has 2 aliphatic heterocycles. The Morgan fingerprint density at radius 2 is 2.04 bits per heavy atom. The smallest absolute Gasteiger partial charge is 0.214 e. The van der Waals surface area contributed by atoms with Gasteiger partial charge in [0.15, 0.2) is 11.6 Å². The van der Waals surface area contributed by atoms with E-state index >= 15 is 0 Å². The molecule has 2 aliphatic rings. The highest BCUT2D eigenvalue weighted by Gasteiger charge is 2.35. The Labute approximate surface area is 141 Å². The normalized spacial score (nSPS) is 25.4. The lowest BCUT2D eigenvalue weighted by molar-refractivity contribution is 0.108. The van der Waals surface area contributed by atoms with E-state index in [2.05, 4.69) is 0 Å². The van der Waals surface area contributed by atoms with E-state index < -0.39 is 21.7 Å². The summed E-state index contributed by atoms with van der Waals surface area (Å²) < 4.78 is 59.5. The minimum atomic E-state index is -3.40. The zero-order valence-electron chi connectivity index (χ0n) is 13.6. The lowest BCUT2D eigenvalue weighted by Crippen LogP contribution is -2.39. The molecule has 1 aromatic rings. The van der Waals surface area contributed by atoms with E-state index in [0.29, 0.717) is 26.0 Å². The van der Waals surface area contributed by atoms with E-state index in [9.17, 15) is 17.2 Å². The highest BCUT2D eigenvalue weighted by Crippen LogP contribution is 2.27. The molecule has 2 unspecified atom stereocenters. The molecule has 0 aromatic heterocycles. The predicted octanol–water partition coefficient (Wildman–Crippen LogP) is 2.87. The first-order valence-electron chi connectivity index (χ1n) is 8.51. The van der Waals surface area contributed by atoms with Gasteiger partial charge in [0, 0.05) is 19.2 Å². The van der Waals surface area contributed by atoms with Gasteiger partial charge >= 0.3 is 0 Å². The third kappa shape index (κ3) is 3.95. The molecule has 0 radical (unpaired) electrons. The fourth-order valence-electron chi connectivity index (χ4n) is 3.61. The number of hydrogen-bond acceptors (Lipinski definition) is 3. The van der Waals surface area contributed by atoms with Crippen LogP contribution in [0.1, 0.15) is 37.7 Å². The minimum absolute atomic E-state index is 0.0292. The molecule has 0 N–H and O–H groups in total. The largest absolute Gasteiger partial charge is 0.378 e. The molecule has 0 saturated carbocycles. The molecule has 2 atom stereocenters. The number of hydrogen-bond donors (Lipinski definition) is 0. The lowest BCUT2D eigenvalue weighted by Gasteiger charge is -2.25. The fourth-order valence-corrected chi connectivity index (χ4v) is 5.45. The molecule has 1 aromatic carbocycles. The second-order valence-corrected chi connectivity index (χ2v) is 8.60. The second kappa shape index (κ2) is 7.45. The van der Waals surface area contributed by atoms with Gasteiger partial charge in [-0.05, 0) is 50.2 Å². The third-order valence-electron chi connectivity index (χ3n) is 4.89. The first kappa shape index (κ1) is 17.8. The van der Waals surface area contributed by atoms with Crippen molar-refractivity contribution in [2.75, 3.05) is 18.9 Å². The third-order valence-corrected chi connectivity index (χ3v) is 6.84. The van der Waals surface area contributed by atoms with Crippen molar-refractivity contribution in [2.45, 2.75) is 50.7 Å². The highest BCUT2D eigenvalue weighted by molar-refractivity contribution is 7.89. The quantitative estimate of drug-likeness (QED) is 0.785. The average Bonchev–Trinajstić information content (AvgIpc) is 3.22. The van der Waals surface area contributed by atoms with Gasteiger partial charge in [0.25, 0.3) is 0 Å². The number of benzene rings is 1. The van der Waals surface area contributed by atoms with Gasteiger partial charge in [-0.3, -0.25) is 0 Å². The summed E-state index contributed by atoms with van der Waals surface area (Å²) in [5, 5.41) is 0. The Balaban J connectivity index is 1.66. The van der Waals surface area contributed by atoms with Crippen LogP contribution in [0.25, 0.3) is 0 Å². The van der Waals surface area contributed by atoms with Crippen LogP contribution in [-0.2, 0) is 21.2 Å². The highest BCUT2D eigenvalue weighted by atomic mass is 32.2. The summed E-state index contributed by atoms with van der Waals surface area (Å²) in [7, 11) is -3.40. The molecule has 2 fully saturated rings. The number of nitrogens with zero attached hydrogens (tertiary/aromatic N) is 1. The maximum absolute atomic E-state index is 13.9. The van der Waals surface area contributed by atoms with E-state index in [0.717, 1.165) is 25.3 Å². The van der Waals surface area contributed by atoms with Crippen molar-refractivity contribution in [2.24, 2.45) is 0 Å². The Kier molecular flexibility index (Phi) is 5.52. The maximum Gasteiger partial charge on any atom is 0.214 e. The monoisotopic (exact) mass is 359 g/mol. The van der Waals surface area contributed by atoms with Crippen molar-refractivity contribution in [1.29, 1.82) is 0 Å². The lowest BCUT2D eigenvalue weighted by atomic mass is 10.0. The van der Waals surface area contributed by atoms with Gasteiger partial charge < -0.3 is 4.74 Å². The van der Waals surface area contributed by atoms with Gasteiger partial charge in [-0.2, -0.15) is 4.31 Å². The summed E-state index contributed by atoms with van der Waals surface area (Å²) in [5.41, 5.74) is 0.237. The van der Waals surface area contributed by atoms with Crippen LogP contribution < -0.4 is 0 Å². The molecule has 2 heterocycles. The van der Waals surface area contributed by atoms with Gasteiger partial charge in [-0.1, -0.05) is 12.1 Å². The summed E-state index contributed by atoms with van der Waals surface area (Å²) in [6.45, 7) is 1.16. The predicted molar refractivity (Wildman–Crippen MR) is 87.2 cm³/mol. The van der Waals surface area contributed by atoms with Gasteiger partial charge in [-0.15, -0.1) is 0 Å². The van der Waals surface area contributed by atoms with Gasteiger partial charge in [0.05, 0.1) is 11.9 Å². The number of ether oxygens (including phenoxy) is 1. The van der Waals surface area contributed by atoms with E-state index in [1.807, 2.05) is 0 Å².